The summed E-state index contributed by atoms with van der Waals surface area (Å²) in [7, 11) is 1.43. The highest BCUT2D eigenvalue weighted by Gasteiger charge is 2.10. The summed E-state index contributed by atoms with van der Waals surface area (Å²) >= 11 is 0. The van der Waals surface area contributed by atoms with Crippen LogP contribution in [0.2, 0.25) is 0 Å². The number of nitrogens with one attached hydrogen (secondary N) is 2. The molecule has 0 unspecified atom stereocenters. The lowest BCUT2D eigenvalue weighted by Crippen LogP contribution is -2.20. The number of amides is 2. The van der Waals surface area contributed by atoms with Gasteiger partial charge in [-0.1, -0.05) is 0 Å². The third-order valence-corrected chi connectivity index (χ3v) is 4.39. The van der Waals surface area contributed by atoms with Crippen LogP contribution in [0.15, 0.2) is 71.8 Å². The monoisotopic (exact) mass is 466 g/mol. The van der Waals surface area contributed by atoms with Crippen molar-refractivity contribution < 1.29 is 28.4 Å². The number of nitro groups is 1. The second-order valence-corrected chi connectivity index (χ2v) is 6.76. The third-order valence-electron chi connectivity index (χ3n) is 4.39. The molecule has 0 aliphatic carbocycles. The summed E-state index contributed by atoms with van der Waals surface area (Å²) in [6.07, 6.45) is 1.37. The van der Waals surface area contributed by atoms with Gasteiger partial charge in [-0.05, 0) is 60.2 Å². The van der Waals surface area contributed by atoms with E-state index >= 15 is 0 Å². The molecule has 10 nitrogen and oxygen atoms in total. The van der Waals surface area contributed by atoms with Crippen LogP contribution in [0.1, 0.15) is 15.9 Å². The van der Waals surface area contributed by atoms with Gasteiger partial charge in [0.1, 0.15) is 5.82 Å². The smallest absolute Gasteiger partial charge is 0.271 e. The van der Waals surface area contributed by atoms with Gasteiger partial charge in [-0.3, -0.25) is 19.7 Å². The quantitative estimate of drug-likeness (QED) is 0.282. The molecular formula is C23H19FN4O6. The molecule has 0 aliphatic rings. The van der Waals surface area contributed by atoms with Crippen LogP contribution in [0.25, 0.3) is 0 Å². The van der Waals surface area contributed by atoms with Crippen LogP contribution in [0.4, 0.5) is 15.8 Å². The van der Waals surface area contributed by atoms with Crippen LogP contribution in [0.3, 0.4) is 0 Å². The Kier molecular flexibility index (Phi) is 7.84. The third kappa shape index (κ3) is 6.60. The van der Waals surface area contributed by atoms with Crippen LogP contribution >= 0.6 is 0 Å². The Balaban J connectivity index is 1.55. The first kappa shape index (κ1) is 23.9. The first-order valence-corrected chi connectivity index (χ1v) is 9.80. The summed E-state index contributed by atoms with van der Waals surface area (Å²) in [4.78, 5) is 34.3. The molecule has 0 radical (unpaired) electrons. The summed E-state index contributed by atoms with van der Waals surface area (Å²) in [6.45, 7) is -0.299. The molecule has 3 aromatic carbocycles. The minimum Gasteiger partial charge on any atom is -0.493 e. The standard InChI is InChI=1S/C23H19FN4O6/c1-33-21-12-15(13-25-27-23(30)16-3-9-19(10-4-16)28(31)32)2-11-20(21)34-14-22(29)26-18-7-5-17(24)6-8-18/h2-13H,14H2,1H3,(H,26,29)(H,27,30). The van der Waals surface area contributed by atoms with Crippen LogP contribution in [0, 0.1) is 15.9 Å². The van der Waals surface area contributed by atoms with Crippen LogP contribution in [-0.4, -0.2) is 36.7 Å². The summed E-state index contributed by atoms with van der Waals surface area (Å²) in [5.41, 5.74) is 3.42. The van der Waals surface area contributed by atoms with Crippen molar-refractivity contribution in [2.75, 3.05) is 19.0 Å². The number of hydrazone groups is 1. The van der Waals surface area contributed by atoms with E-state index in [0.717, 1.165) is 0 Å². The molecule has 0 saturated heterocycles. The number of rotatable bonds is 9. The van der Waals surface area contributed by atoms with Crippen LogP contribution in [0.5, 0.6) is 11.5 Å². The molecule has 2 N–H and O–H groups in total. The molecule has 0 spiro atoms. The SMILES string of the molecule is COc1cc(C=NNC(=O)c2ccc([N+](=O)[O-])cc2)ccc1OCC(=O)Nc1ccc(F)cc1. The number of carbonyl (C=O) groups excluding carboxylic acids is 2. The van der Waals surface area contributed by atoms with Crippen molar-refractivity contribution in [3.05, 3.63) is 93.8 Å². The summed E-state index contributed by atoms with van der Waals surface area (Å²) < 4.78 is 23.7. The van der Waals surface area contributed by atoms with Gasteiger partial charge in [0.2, 0.25) is 0 Å². The molecule has 0 saturated carbocycles. The minimum absolute atomic E-state index is 0.123. The maximum atomic E-state index is 12.9. The van der Waals surface area contributed by atoms with E-state index in [-0.39, 0.29) is 17.9 Å². The predicted octanol–water partition coefficient (Wildman–Crippen LogP) is 3.52. The average molecular weight is 466 g/mol. The lowest BCUT2D eigenvalue weighted by atomic mass is 10.2. The zero-order valence-electron chi connectivity index (χ0n) is 17.9. The van der Waals surface area contributed by atoms with E-state index in [1.807, 2.05) is 0 Å². The van der Waals surface area contributed by atoms with Gasteiger partial charge < -0.3 is 14.8 Å². The normalized spacial score (nSPS) is 10.5. The predicted molar refractivity (Wildman–Crippen MR) is 122 cm³/mol. The van der Waals surface area contributed by atoms with Gasteiger partial charge in [-0.2, -0.15) is 5.10 Å². The second-order valence-electron chi connectivity index (χ2n) is 6.76. The molecule has 0 aromatic heterocycles. The van der Waals surface area contributed by atoms with Crippen LogP contribution < -0.4 is 20.2 Å². The number of hydrogen-bond donors (Lipinski definition) is 2. The number of nitrogens with zero attached hydrogens (tertiary/aromatic N) is 2. The molecular weight excluding hydrogens is 447 g/mol. The number of carbonyl (C=O) groups is 2. The van der Waals surface area contributed by atoms with E-state index in [1.54, 1.807) is 18.2 Å². The summed E-state index contributed by atoms with van der Waals surface area (Å²) in [5.74, 6) is -0.740. The number of anilines is 1. The van der Waals surface area contributed by atoms with Crippen molar-refractivity contribution in [2.24, 2.45) is 5.10 Å². The molecule has 2 amide bonds. The largest absolute Gasteiger partial charge is 0.493 e. The average Bonchev–Trinajstić information content (AvgIpc) is 2.84. The Bertz CT molecular complexity index is 1210. The van der Waals surface area contributed by atoms with Gasteiger partial charge in [-0.15, -0.1) is 0 Å². The number of methoxy groups -OCH3 is 1. The summed E-state index contributed by atoms with van der Waals surface area (Å²) in [6, 6.07) is 15.2. The van der Waals surface area contributed by atoms with Gasteiger partial charge in [0.15, 0.2) is 18.1 Å². The maximum absolute atomic E-state index is 12.9. The Morgan fingerprint density at radius 1 is 1.06 bits per heavy atom. The van der Waals surface area contributed by atoms with E-state index in [1.165, 1.54) is 61.9 Å². The molecule has 3 aromatic rings. The highest BCUT2D eigenvalue weighted by atomic mass is 19.1. The first-order valence-electron chi connectivity index (χ1n) is 9.80. The van der Waals surface area contributed by atoms with E-state index in [9.17, 15) is 24.1 Å². The zero-order chi connectivity index (χ0) is 24.5. The summed E-state index contributed by atoms with van der Waals surface area (Å²) in [5, 5.41) is 17.1. The molecule has 174 valence electrons. The highest BCUT2D eigenvalue weighted by Crippen LogP contribution is 2.27. The van der Waals surface area contributed by atoms with Gasteiger partial charge in [0, 0.05) is 23.4 Å². The van der Waals surface area contributed by atoms with Crippen molar-refractivity contribution >= 4 is 29.4 Å². The van der Waals surface area contributed by atoms with Gasteiger partial charge >= 0.3 is 0 Å². The number of hydrogen-bond acceptors (Lipinski definition) is 7. The number of ether oxygens (including phenoxy) is 2. The number of non-ortho nitro benzene ring substituents is 1. The molecule has 11 heteroatoms. The van der Waals surface area contributed by atoms with Gasteiger partial charge in [-0.25, -0.2) is 9.82 Å². The fourth-order valence-corrected chi connectivity index (χ4v) is 2.72. The van der Waals surface area contributed by atoms with Crippen LogP contribution in [-0.2, 0) is 4.79 Å². The second kappa shape index (κ2) is 11.2. The molecule has 0 fully saturated rings. The number of nitro benzene ring substituents is 1. The van der Waals surface area contributed by atoms with Crippen molar-refractivity contribution in [3.8, 4) is 11.5 Å². The van der Waals surface area contributed by atoms with Crippen molar-refractivity contribution in [2.45, 2.75) is 0 Å². The van der Waals surface area contributed by atoms with E-state index < -0.39 is 22.6 Å². The topological polar surface area (TPSA) is 132 Å². The molecule has 3 rings (SSSR count). The minimum atomic E-state index is -0.557. The Labute approximate surface area is 193 Å². The van der Waals surface area contributed by atoms with Crippen molar-refractivity contribution in [1.29, 1.82) is 0 Å². The van der Waals surface area contributed by atoms with Gasteiger partial charge in [0.25, 0.3) is 17.5 Å². The maximum Gasteiger partial charge on any atom is 0.271 e. The lowest BCUT2D eigenvalue weighted by Gasteiger charge is -2.11. The fourth-order valence-electron chi connectivity index (χ4n) is 2.72. The molecule has 0 bridgehead atoms. The van der Waals surface area contributed by atoms with Gasteiger partial charge in [0.05, 0.1) is 18.2 Å². The molecule has 0 atom stereocenters. The Morgan fingerprint density at radius 2 is 1.76 bits per heavy atom. The first-order chi connectivity index (χ1) is 16.4. The fraction of sp³-hybridized carbons (Fsp3) is 0.0870. The van der Waals surface area contributed by atoms with E-state index in [2.05, 4.69) is 15.8 Å². The van der Waals surface area contributed by atoms with Crippen molar-refractivity contribution in [1.82, 2.24) is 5.43 Å². The highest BCUT2D eigenvalue weighted by molar-refractivity contribution is 5.95. The molecule has 0 aliphatic heterocycles. The Morgan fingerprint density at radius 3 is 2.41 bits per heavy atom. The molecule has 0 heterocycles. The van der Waals surface area contributed by atoms with Crippen molar-refractivity contribution in [3.63, 3.8) is 0 Å². The molecule has 34 heavy (non-hydrogen) atoms. The zero-order valence-corrected chi connectivity index (χ0v) is 17.9. The number of benzene rings is 3. The van der Waals surface area contributed by atoms with E-state index in [4.69, 9.17) is 9.47 Å². The number of halogens is 1. The Hall–Kier alpha value is -4.80. The van der Waals surface area contributed by atoms with E-state index in [0.29, 0.717) is 22.7 Å². The lowest BCUT2D eigenvalue weighted by molar-refractivity contribution is -0.384.